The van der Waals surface area contributed by atoms with Crippen molar-refractivity contribution in [3.05, 3.63) is 16.0 Å². The summed E-state index contributed by atoms with van der Waals surface area (Å²) in [5.74, 6) is 1.98. The Morgan fingerprint density at radius 2 is 2.33 bits per heavy atom. The summed E-state index contributed by atoms with van der Waals surface area (Å²) in [4.78, 5) is 7.56. The van der Waals surface area contributed by atoms with Crippen LogP contribution in [0.15, 0.2) is 0 Å². The maximum atomic E-state index is 5.13. The van der Waals surface area contributed by atoms with E-state index in [2.05, 4.69) is 21.5 Å². The zero-order valence-corrected chi connectivity index (χ0v) is 10.4. The van der Waals surface area contributed by atoms with Crippen LogP contribution in [0.3, 0.4) is 0 Å². The zero-order valence-electron chi connectivity index (χ0n) is 8.80. The Morgan fingerprint density at radius 1 is 1.47 bits per heavy atom. The fourth-order valence-electron chi connectivity index (χ4n) is 1.86. The van der Waals surface area contributed by atoms with Crippen LogP contribution in [-0.2, 0) is 12.2 Å². The fraction of sp³-hybridized carbons (Fsp3) is 0.600. The van der Waals surface area contributed by atoms with Gasteiger partial charge >= 0.3 is 0 Å². The number of fused-ring (bicyclic) bond motifs is 1. The molecule has 15 heavy (non-hydrogen) atoms. The van der Waals surface area contributed by atoms with Gasteiger partial charge in [-0.25, -0.2) is 4.98 Å². The normalized spacial score (nSPS) is 15.3. The van der Waals surface area contributed by atoms with E-state index >= 15 is 0 Å². The van der Waals surface area contributed by atoms with Crippen LogP contribution in [0.2, 0.25) is 0 Å². The molecule has 1 aliphatic rings. The summed E-state index contributed by atoms with van der Waals surface area (Å²) in [6.45, 7) is 1.01. The van der Waals surface area contributed by atoms with E-state index < -0.39 is 0 Å². The van der Waals surface area contributed by atoms with Gasteiger partial charge in [0.25, 0.3) is 0 Å². The molecule has 0 atom stereocenters. The first-order valence-electron chi connectivity index (χ1n) is 5.16. The molecule has 0 unspecified atom stereocenters. The monoisotopic (exact) mass is 241 g/mol. The second-order valence-corrected chi connectivity index (χ2v) is 4.92. The van der Waals surface area contributed by atoms with Gasteiger partial charge in [0.1, 0.15) is 5.82 Å². The van der Waals surface area contributed by atoms with Gasteiger partial charge < -0.3 is 10.3 Å². The van der Waals surface area contributed by atoms with Gasteiger partial charge in [-0.15, -0.1) is 0 Å². The number of anilines is 1. The third-order valence-electron chi connectivity index (χ3n) is 2.56. The molecule has 0 radical (unpaired) electrons. The third kappa shape index (κ3) is 2.52. The van der Waals surface area contributed by atoms with Crippen molar-refractivity contribution in [3.8, 4) is 0 Å². The molecule has 1 aromatic rings. The smallest absolute Gasteiger partial charge is 0.198 e. The highest BCUT2D eigenvalue weighted by Crippen LogP contribution is 2.23. The minimum Gasteiger partial charge on any atom is -0.370 e. The molecule has 0 saturated heterocycles. The Kier molecular flexibility index (Phi) is 3.64. The van der Waals surface area contributed by atoms with E-state index in [0.29, 0.717) is 4.77 Å². The number of rotatable bonds is 2. The highest BCUT2D eigenvalue weighted by molar-refractivity contribution is 7.97. The summed E-state index contributed by atoms with van der Waals surface area (Å²) in [5.41, 5.74) is 2.57. The van der Waals surface area contributed by atoms with Gasteiger partial charge in [0.05, 0.1) is 0 Å². The molecular weight excluding hydrogens is 226 g/mol. The van der Waals surface area contributed by atoms with Gasteiger partial charge in [-0.1, -0.05) is 0 Å². The van der Waals surface area contributed by atoms with Crippen LogP contribution in [0.1, 0.15) is 24.1 Å². The van der Waals surface area contributed by atoms with Gasteiger partial charge in [0.15, 0.2) is 4.77 Å². The van der Waals surface area contributed by atoms with Gasteiger partial charge in [-0.05, 0) is 37.7 Å². The quantitative estimate of drug-likeness (QED) is 0.781. The molecule has 0 amide bonds. The number of hydrogen-bond acceptors (Lipinski definition) is 4. The first kappa shape index (κ1) is 11.0. The van der Waals surface area contributed by atoms with Gasteiger partial charge in [0.2, 0.25) is 0 Å². The molecule has 2 rings (SSSR count). The number of aromatic nitrogens is 2. The van der Waals surface area contributed by atoms with Gasteiger partial charge in [0, 0.05) is 23.6 Å². The van der Waals surface area contributed by atoms with Crippen molar-refractivity contribution in [2.45, 2.75) is 25.0 Å². The summed E-state index contributed by atoms with van der Waals surface area (Å²) in [5, 5.41) is 3.36. The van der Waals surface area contributed by atoms with Crippen molar-refractivity contribution in [1.29, 1.82) is 0 Å². The predicted octanol–water partition coefficient (Wildman–Crippen LogP) is 2.75. The van der Waals surface area contributed by atoms with Crippen LogP contribution in [0.4, 0.5) is 5.82 Å². The minimum absolute atomic E-state index is 0.590. The highest BCUT2D eigenvalue weighted by Gasteiger charge is 2.13. The molecule has 2 N–H and O–H groups in total. The molecule has 5 heteroatoms. The van der Waals surface area contributed by atoms with Crippen LogP contribution in [-0.4, -0.2) is 22.8 Å². The molecule has 0 aromatic carbocycles. The Labute approximate surface area is 99.1 Å². The number of H-pyrrole nitrogens is 1. The van der Waals surface area contributed by atoms with Crippen LogP contribution < -0.4 is 5.32 Å². The molecule has 1 aromatic heterocycles. The molecule has 0 spiro atoms. The maximum absolute atomic E-state index is 5.13. The lowest BCUT2D eigenvalue weighted by Crippen LogP contribution is -2.06. The van der Waals surface area contributed by atoms with Crippen LogP contribution >= 0.6 is 24.0 Å². The summed E-state index contributed by atoms with van der Waals surface area (Å²) in [6, 6.07) is 0. The largest absolute Gasteiger partial charge is 0.370 e. The molecule has 3 nitrogen and oxygen atoms in total. The van der Waals surface area contributed by atoms with Crippen LogP contribution in [0, 0.1) is 4.77 Å². The SMILES string of the molecule is CSCc1[nH]c(=S)nc2c1CCCCN2. The molecule has 0 saturated carbocycles. The average molecular weight is 241 g/mol. The van der Waals surface area contributed by atoms with E-state index in [1.165, 1.54) is 24.1 Å². The lowest BCUT2D eigenvalue weighted by molar-refractivity contribution is 0.779. The van der Waals surface area contributed by atoms with Crippen LogP contribution in [0.25, 0.3) is 0 Å². The zero-order chi connectivity index (χ0) is 10.7. The molecule has 82 valence electrons. The Bertz CT molecular complexity index is 400. The van der Waals surface area contributed by atoms with E-state index in [0.717, 1.165) is 24.5 Å². The Morgan fingerprint density at radius 3 is 3.13 bits per heavy atom. The predicted molar refractivity (Wildman–Crippen MR) is 68.1 cm³/mol. The molecule has 2 heterocycles. The summed E-state index contributed by atoms with van der Waals surface area (Å²) < 4.78 is 0.590. The Hall–Kier alpha value is -0.550. The Balaban J connectivity index is 2.45. The molecular formula is C10H15N3S2. The van der Waals surface area contributed by atoms with E-state index in [-0.39, 0.29) is 0 Å². The van der Waals surface area contributed by atoms with Crippen molar-refractivity contribution in [2.24, 2.45) is 0 Å². The molecule has 0 aliphatic carbocycles. The standard InChI is InChI=1S/C10H15N3S2/c1-15-6-8-7-4-2-3-5-11-9(7)13-10(14)12-8/h2-6H2,1H3,(H2,11,12,13,14). The first-order valence-corrected chi connectivity index (χ1v) is 6.96. The second kappa shape index (κ2) is 4.99. The lowest BCUT2D eigenvalue weighted by atomic mass is 10.1. The number of nitrogens with zero attached hydrogens (tertiary/aromatic N) is 1. The van der Waals surface area contributed by atoms with Crippen molar-refractivity contribution in [2.75, 3.05) is 18.1 Å². The number of thioether (sulfide) groups is 1. The van der Waals surface area contributed by atoms with E-state index in [9.17, 15) is 0 Å². The lowest BCUT2D eigenvalue weighted by Gasteiger charge is -2.11. The van der Waals surface area contributed by atoms with Gasteiger partial charge in [-0.2, -0.15) is 11.8 Å². The van der Waals surface area contributed by atoms with Crippen molar-refractivity contribution in [1.82, 2.24) is 9.97 Å². The van der Waals surface area contributed by atoms with Gasteiger partial charge in [-0.3, -0.25) is 0 Å². The molecule has 1 aliphatic heterocycles. The van der Waals surface area contributed by atoms with Crippen molar-refractivity contribution >= 4 is 29.8 Å². The average Bonchev–Trinajstić information content (AvgIpc) is 2.43. The highest BCUT2D eigenvalue weighted by atomic mass is 32.2. The summed E-state index contributed by atoms with van der Waals surface area (Å²) >= 11 is 6.94. The van der Waals surface area contributed by atoms with Crippen molar-refractivity contribution in [3.63, 3.8) is 0 Å². The van der Waals surface area contributed by atoms with E-state index in [4.69, 9.17) is 12.2 Å². The fourth-order valence-corrected chi connectivity index (χ4v) is 2.61. The van der Waals surface area contributed by atoms with E-state index in [1.807, 2.05) is 11.8 Å². The van der Waals surface area contributed by atoms with E-state index in [1.54, 1.807) is 0 Å². The number of hydrogen-bond donors (Lipinski definition) is 2. The first-order chi connectivity index (χ1) is 7.31. The summed E-state index contributed by atoms with van der Waals surface area (Å²) in [7, 11) is 0. The minimum atomic E-state index is 0.590. The molecule has 0 fully saturated rings. The second-order valence-electron chi connectivity index (χ2n) is 3.66. The third-order valence-corrected chi connectivity index (χ3v) is 3.33. The molecule has 0 bridgehead atoms. The topological polar surface area (TPSA) is 40.7 Å². The summed E-state index contributed by atoms with van der Waals surface area (Å²) in [6.07, 6.45) is 5.65. The maximum Gasteiger partial charge on any atom is 0.198 e. The number of aromatic amines is 1. The van der Waals surface area contributed by atoms with Crippen molar-refractivity contribution < 1.29 is 0 Å². The van der Waals surface area contributed by atoms with Crippen LogP contribution in [0.5, 0.6) is 0 Å². The number of nitrogens with one attached hydrogen (secondary N) is 2.